The zero-order chi connectivity index (χ0) is 17.9. The fraction of sp³-hybridized carbons (Fsp3) is 0.500. The van der Waals surface area contributed by atoms with Crippen LogP contribution in [0.4, 0.5) is 4.79 Å². The van der Waals surface area contributed by atoms with Gasteiger partial charge >= 0.3 is 6.03 Å². The molecule has 1 aromatic carbocycles. The van der Waals surface area contributed by atoms with Gasteiger partial charge in [0.15, 0.2) is 0 Å². The molecule has 1 aliphatic carbocycles. The van der Waals surface area contributed by atoms with Crippen LogP contribution in [0.1, 0.15) is 37.7 Å². The van der Waals surface area contributed by atoms with Gasteiger partial charge in [-0.2, -0.15) is 0 Å². The van der Waals surface area contributed by atoms with Gasteiger partial charge < -0.3 is 15.4 Å². The minimum atomic E-state index is -0.712. The molecule has 7 nitrogen and oxygen atoms in total. The minimum Gasteiger partial charge on any atom is -0.497 e. The maximum Gasteiger partial charge on any atom is 0.325 e. The highest BCUT2D eigenvalue weighted by Gasteiger charge is 2.52. The zero-order valence-electron chi connectivity index (χ0n) is 14.3. The summed E-state index contributed by atoms with van der Waals surface area (Å²) >= 11 is 0. The van der Waals surface area contributed by atoms with Crippen molar-refractivity contribution < 1.29 is 19.1 Å². The molecular weight excluding hydrogens is 322 g/mol. The first-order chi connectivity index (χ1) is 12.0. The molecule has 1 aliphatic heterocycles. The van der Waals surface area contributed by atoms with Crippen molar-refractivity contribution in [2.45, 2.75) is 44.2 Å². The molecule has 2 N–H and O–H groups in total. The van der Waals surface area contributed by atoms with Gasteiger partial charge in [-0.1, -0.05) is 25.0 Å². The standard InChI is InChI=1S/C18H23N3O4/c1-25-14-6-4-13(5-7-14)12-19-15(22)8-11-21-16(23)18(20-17(21)24)9-2-3-10-18/h4-7H,2-3,8-12H2,1H3,(H,19,22)(H,20,24). The minimum absolute atomic E-state index is 0.103. The highest BCUT2D eigenvalue weighted by Crippen LogP contribution is 2.34. The Bertz CT molecular complexity index is 665. The number of imide groups is 1. The Hall–Kier alpha value is -2.57. The van der Waals surface area contributed by atoms with Crippen LogP contribution in [0.25, 0.3) is 0 Å². The lowest BCUT2D eigenvalue weighted by Crippen LogP contribution is -2.44. The van der Waals surface area contributed by atoms with Crippen molar-refractivity contribution in [1.82, 2.24) is 15.5 Å². The number of carbonyl (C=O) groups excluding carboxylic acids is 3. The Morgan fingerprint density at radius 1 is 1.24 bits per heavy atom. The number of carbonyl (C=O) groups is 3. The largest absolute Gasteiger partial charge is 0.497 e. The summed E-state index contributed by atoms with van der Waals surface area (Å²) in [5, 5.41) is 5.62. The van der Waals surface area contributed by atoms with Crippen LogP contribution >= 0.6 is 0 Å². The van der Waals surface area contributed by atoms with E-state index in [1.54, 1.807) is 7.11 Å². The molecule has 0 bridgehead atoms. The predicted octanol–water partition coefficient (Wildman–Crippen LogP) is 1.57. The van der Waals surface area contributed by atoms with Gasteiger partial charge in [-0.25, -0.2) is 4.79 Å². The Kier molecular flexibility index (Phi) is 4.92. The highest BCUT2D eigenvalue weighted by atomic mass is 16.5. The first-order valence-corrected chi connectivity index (χ1v) is 8.58. The van der Waals surface area contributed by atoms with E-state index >= 15 is 0 Å². The van der Waals surface area contributed by atoms with E-state index in [1.807, 2.05) is 24.3 Å². The van der Waals surface area contributed by atoms with Gasteiger partial charge in [0.05, 0.1) is 7.11 Å². The van der Waals surface area contributed by atoms with E-state index in [-0.39, 0.29) is 30.8 Å². The molecule has 0 radical (unpaired) electrons. The van der Waals surface area contributed by atoms with E-state index < -0.39 is 5.54 Å². The number of hydrogen-bond acceptors (Lipinski definition) is 4. The summed E-state index contributed by atoms with van der Waals surface area (Å²) in [7, 11) is 1.60. The predicted molar refractivity (Wildman–Crippen MR) is 90.9 cm³/mol. The lowest BCUT2D eigenvalue weighted by Gasteiger charge is -2.19. The van der Waals surface area contributed by atoms with Gasteiger partial charge in [0, 0.05) is 19.5 Å². The van der Waals surface area contributed by atoms with E-state index in [1.165, 1.54) is 4.90 Å². The summed E-state index contributed by atoms with van der Waals surface area (Å²) < 4.78 is 5.09. The zero-order valence-corrected chi connectivity index (χ0v) is 14.3. The van der Waals surface area contributed by atoms with Gasteiger partial charge in [0.2, 0.25) is 5.91 Å². The molecule has 4 amide bonds. The van der Waals surface area contributed by atoms with Gasteiger partial charge in [-0.15, -0.1) is 0 Å². The van der Waals surface area contributed by atoms with Crippen molar-refractivity contribution in [3.63, 3.8) is 0 Å². The van der Waals surface area contributed by atoms with Crippen LogP contribution in [0.15, 0.2) is 24.3 Å². The van der Waals surface area contributed by atoms with Crippen molar-refractivity contribution in [1.29, 1.82) is 0 Å². The van der Waals surface area contributed by atoms with Crippen LogP contribution in [0.2, 0.25) is 0 Å². The topological polar surface area (TPSA) is 87.7 Å². The van der Waals surface area contributed by atoms with Crippen molar-refractivity contribution >= 4 is 17.8 Å². The SMILES string of the molecule is COc1ccc(CNC(=O)CCN2C(=O)NC3(CCCC3)C2=O)cc1. The molecule has 1 heterocycles. The molecule has 1 aromatic rings. The van der Waals surface area contributed by atoms with Crippen molar-refractivity contribution in [3.05, 3.63) is 29.8 Å². The van der Waals surface area contributed by atoms with Crippen LogP contribution in [-0.2, 0) is 16.1 Å². The summed E-state index contributed by atoms with van der Waals surface area (Å²) in [4.78, 5) is 37.7. The lowest BCUT2D eigenvalue weighted by atomic mass is 9.98. The summed E-state index contributed by atoms with van der Waals surface area (Å²) in [6.45, 7) is 0.508. The van der Waals surface area contributed by atoms with E-state index in [4.69, 9.17) is 4.74 Å². The molecule has 7 heteroatoms. The lowest BCUT2D eigenvalue weighted by molar-refractivity contribution is -0.131. The second-order valence-electron chi connectivity index (χ2n) is 6.55. The maximum atomic E-state index is 12.5. The number of urea groups is 1. The smallest absolute Gasteiger partial charge is 0.325 e. The molecule has 25 heavy (non-hydrogen) atoms. The molecule has 3 rings (SSSR count). The van der Waals surface area contributed by atoms with Crippen LogP contribution in [0.3, 0.4) is 0 Å². The van der Waals surface area contributed by atoms with Crippen molar-refractivity contribution in [2.24, 2.45) is 0 Å². The fourth-order valence-electron chi connectivity index (χ4n) is 3.44. The quantitative estimate of drug-likeness (QED) is 0.766. The van der Waals surface area contributed by atoms with E-state index in [0.717, 1.165) is 24.2 Å². The molecule has 0 unspecified atom stereocenters. The Labute approximate surface area is 146 Å². The number of methoxy groups -OCH3 is 1. The third-order valence-corrected chi connectivity index (χ3v) is 4.91. The normalized spacial score (nSPS) is 18.5. The second kappa shape index (κ2) is 7.13. The molecule has 1 saturated heterocycles. The van der Waals surface area contributed by atoms with Crippen molar-refractivity contribution in [2.75, 3.05) is 13.7 Å². The number of hydrogen-bond donors (Lipinski definition) is 2. The van der Waals surface area contributed by atoms with Crippen molar-refractivity contribution in [3.8, 4) is 5.75 Å². The number of benzene rings is 1. The maximum absolute atomic E-state index is 12.5. The summed E-state index contributed by atoms with van der Waals surface area (Å²) in [5.41, 5.74) is 0.241. The highest BCUT2D eigenvalue weighted by molar-refractivity contribution is 6.07. The average Bonchev–Trinajstić information content (AvgIpc) is 3.18. The Morgan fingerprint density at radius 2 is 1.92 bits per heavy atom. The van der Waals surface area contributed by atoms with E-state index in [0.29, 0.717) is 19.4 Å². The molecule has 0 aromatic heterocycles. The van der Waals surface area contributed by atoms with Gasteiger partial charge in [0.1, 0.15) is 11.3 Å². The van der Waals surface area contributed by atoms with E-state index in [9.17, 15) is 14.4 Å². The van der Waals surface area contributed by atoms with Crippen LogP contribution in [0, 0.1) is 0 Å². The molecule has 2 aliphatic rings. The third kappa shape index (κ3) is 3.60. The molecule has 0 atom stereocenters. The first kappa shape index (κ1) is 17.3. The summed E-state index contributed by atoms with van der Waals surface area (Å²) in [6, 6.07) is 7.03. The average molecular weight is 345 g/mol. The fourth-order valence-corrected chi connectivity index (χ4v) is 3.44. The van der Waals surface area contributed by atoms with Crippen LogP contribution < -0.4 is 15.4 Å². The summed E-state index contributed by atoms with van der Waals surface area (Å²) in [6.07, 6.45) is 3.38. The number of amides is 4. The number of rotatable bonds is 6. The van der Waals surface area contributed by atoms with E-state index in [2.05, 4.69) is 10.6 Å². The number of nitrogens with zero attached hydrogens (tertiary/aromatic N) is 1. The molecule has 1 saturated carbocycles. The van der Waals surface area contributed by atoms with Gasteiger partial charge in [-0.05, 0) is 30.5 Å². The second-order valence-corrected chi connectivity index (χ2v) is 6.55. The third-order valence-electron chi connectivity index (χ3n) is 4.91. The Balaban J connectivity index is 1.47. The van der Waals surface area contributed by atoms with Gasteiger partial charge in [0.25, 0.3) is 5.91 Å². The molecular formula is C18H23N3O4. The number of ether oxygens (including phenoxy) is 1. The first-order valence-electron chi connectivity index (χ1n) is 8.58. The molecule has 1 spiro atoms. The number of nitrogens with one attached hydrogen (secondary N) is 2. The summed E-state index contributed by atoms with van der Waals surface area (Å²) in [5.74, 6) is 0.385. The molecule has 2 fully saturated rings. The molecule has 134 valence electrons. The Morgan fingerprint density at radius 3 is 2.56 bits per heavy atom. The van der Waals surface area contributed by atoms with Crippen LogP contribution in [-0.4, -0.2) is 41.9 Å². The van der Waals surface area contributed by atoms with Crippen LogP contribution in [0.5, 0.6) is 5.75 Å². The van der Waals surface area contributed by atoms with Gasteiger partial charge in [-0.3, -0.25) is 14.5 Å². The monoisotopic (exact) mass is 345 g/mol.